The van der Waals surface area contributed by atoms with Gasteiger partial charge in [0.1, 0.15) is 0 Å². The van der Waals surface area contributed by atoms with Crippen molar-refractivity contribution < 1.29 is 14.3 Å². The van der Waals surface area contributed by atoms with Crippen LogP contribution in [-0.2, 0) is 4.74 Å². The number of carbonyl (C=O) groups excluding carboxylic acids is 2. The van der Waals surface area contributed by atoms with Crippen LogP contribution in [0.15, 0.2) is 24.3 Å². The first-order chi connectivity index (χ1) is 9.51. The number of likely N-dealkylation sites (N-methyl/N-ethyl adjacent to an activating group) is 1. The highest BCUT2D eigenvalue weighted by molar-refractivity contribution is 5.94. The van der Waals surface area contributed by atoms with Crippen molar-refractivity contribution in [2.45, 2.75) is 6.04 Å². The molecule has 20 heavy (non-hydrogen) atoms. The number of benzene rings is 1. The van der Waals surface area contributed by atoms with Crippen molar-refractivity contribution in [3.63, 3.8) is 0 Å². The van der Waals surface area contributed by atoms with E-state index in [-0.39, 0.29) is 6.03 Å². The predicted molar refractivity (Wildman–Crippen MR) is 75.8 cm³/mol. The molecule has 1 N–H and O–H groups in total. The van der Waals surface area contributed by atoms with E-state index < -0.39 is 5.97 Å². The van der Waals surface area contributed by atoms with Crippen LogP contribution in [0.4, 0.5) is 10.5 Å². The summed E-state index contributed by atoms with van der Waals surface area (Å²) in [7, 11) is 5.33. The lowest BCUT2D eigenvalue weighted by atomic mass is 10.1. The van der Waals surface area contributed by atoms with Gasteiger partial charge in [-0.05, 0) is 32.3 Å². The van der Waals surface area contributed by atoms with E-state index in [9.17, 15) is 9.59 Å². The van der Waals surface area contributed by atoms with Gasteiger partial charge in [-0.15, -0.1) is 0 Å². The van der Waals surface area contributed by atoms with E-state index in [2.05, 4.69) is 15.0 Å². The SMILES string of the molecule is COC(=O)c1cccc(NC(=O)N2CC(N(C)C)C2)c1. The van der Waals surface area contributed by atoms with Gasteiger partial charge in [-0.2, -0.15) is 0 Å². The number of rotatable bonds is 3. The van der Waals surface area contributed by atoms with Crippen LogP contribution in [0.5, 0.6) is 0 Å². The van der Waals surface area contributed by atoms with Crippen molar-refractivity contribution in [3.05, 3.63) is 29.8 Å². The standard InChI is InChI=1S/C14H19N3O3/c1-16(2)12-8-17(9-12)14(19)15-11-6-4-5-10(7-11)13(18)20-3/h4-7,12H,8-9H2,1-3H3,(H,15,19). The van der Waals surface area contributed by atoms with Crippen LogP contribution in [0.25, 0.3) is 0 Å². The molecule has 0 bridgehead atoms. The van der Waals surface area contributed by atoms with Crippen LogP contribution in [0, 0.1) is 0 Å². The molecule has 6 heteroatoms. The molecule has 1 aliphatic heterocycles. The number of carbonyl (C=O) groups is 2. The van der Waals surface area contributed by atoms with Crippen molar-refractivity contribution in [1.82, 2.24) is 9.80 Å². The van der Waals surface area contributed by atoms with Gasteiger partial charge in [0.15, 0.2) is 0 Å². The monoisotopic (exact) mass is 277 g/mol. The molecular weight excluding hydrogens is 258 g/mol. The third-order valence-electron chi connectivity index (χ3n) is 3.41. The molecule has 0 radical (unpaired) electrons. The van der Waals surface area contributed by atoms with E-state index in [1.54, 1.807) is 29.2 Å². The van der Waals surface area contributed by atoms with Crippen molar-refractivity contribution in [2.24, 2.45) is 0 Å². The number of urea groups is 1. The van der Waals surface area contributed by atoms with Gasteiger partial charge in [0.2, 0.25) is 0 Å². The van der Waals surface area contributed by atoms with Gasteiger partial charge in [0.25, 0.3) is 0 Å². The number of amides is 2. The number of esters is 1. The molecule has 0 aromatic heterocycles. The zero-order chi connectivity index (χ0) is 14.7. The average molecular weight is 277 g/mol. The summed E-state index contributed by atoms with van der Waals surface area (Å²) in [5.74, 6) is -0.419. The highest BCUT2D eigenvalue weighted by Crippen LogP contribution is 2.16. The number of nitrogens with one attached hydrogen (secondary N) is 1. The fraction of sp³-hybridized carbons (Fsp3) is 0.429. The van der Waals surface area contributed by atoms with Crippen LogP contribution >= 0.6 is 0 Å². The van der Waals surface area contributed by atoms with Crippen LogP contribution in [0.1, 0.15) is 10.4 Å². The van der Waals surface area contributed by atoms with Crippen LogP contribution in [-0.4, -0.2) is 62.1 Å². The molecule has 1 aliphatic rings. The Bertz CT molecular complexity index is 510. The zero-order valence-corrected chi connectivity index (χ0v) is 11.9. The first-order valence-corrected chi connectivity index (χ1v) is 6.42. The number of likely N-dealkylation sites (tertiary alicyclic amines) is 1. The Kier molecular flexibility index (Phi) is 4.24. The number of nitrogens with zero attached hydrogens (tertiary/aromatic N) is 2. The minimum Gasteiger partial charge on any atom is -0.465 e. The van der Waals surface area contributed by atoms with E-state index in [0.717, 1.165) is 13.1 Å². The Hall–Kier alpha value is -2.08. The highest BCUT2D eigenvalue weighted by atomic mass is 16.5. The number of ether oxygens (including phenoxy) is 1. The lowest BCUT2D eigenvalue weighted by Crippen LogP contribution is -2.60. The molecule has 1 aromatic rings. The molecule has 108 valence electrons. The molecule has 0 saturated carbocycles. The largest absolute Gasteiger partial charge is 0.465 e. The van der Waals surface area contributed by atoms with Gasteiger partial charge >= 0.3 is 12.0 Å². The molecule has 6 nitrogen and oxygen atoms in total. The van der Waals surface area contributed by atoms with E-state index in [1.165, 1.54) is 7.11 Å². The smallest absolute Gasteiger partial charge is 0.337 e. The number of anilines is 1. The Morgan fingerprint density at radius 2 is 2.05 bits per heavy atom. The van der Waals surface area contributed by atoms with Crippen molar-refractivity contribution in [2.75, 3.05) is 39.6 Å². The van der Waals surface area contributed by atoms with E-state index in [4.69, 9.17) is 0 Å². The maximum atomic E-state index is 12.0. The lowest BCUT2D eigenvalue weighted by Gasteiger charge is -2.42. The van der Waals surface area contributed by atoms with E-state index >= 15 is 0 Å². The Balaban J connectivity index is 1.94. The second kappa shape index (κ2) is 5.92. The summed E-state index contributed by atoms with van der Waals surface area (Å²) in [6.07, 6.45) is 0. The maximum absolute atomic E-state index is 12.0. The molecule has 0 unspecified atom stereocenters. The third kappa shape index (κ3) is 3.08. The summed E-state index contributed by atoms with van der Waals surface area (Å²) in [5, 5.41) is 2.78. The number of hydrogen-bond acceptors (Lipinski definition) is 4. The number of hydrogen-bond donors (Lipinski definition) is 1. The molecule has 2 amide bonds. The minimum absolute atomic E-state index is 0.148. The summed E-state index contributed by atoms with van der Waals surface area (Å²) >= 11 is 0. The van der Waals surface area contributed by atoms with Gasteiger partial charge in [0.05, 0.1) is 12.7 Å². The summed E-state index contributed by atoms with van der Waals surface area (Å²) in [6.45, 7) is 1.44. The van der Waals surface area contributed by atoms with Crippen LogP contribution in [0.2, 0.25) is 0 Å². The Labute approximate surface area is 118 Å². The quantitative estimate of drug-likeness (QED) is 0.845. The number of methoxy groups -OCH3 is 1. The molecule has 0 aliphatic carbocycles. The molecule has 1 aromatic carbocycles. The van der Waals surface area contributed by atoms with Gasteiger partial charge < -0.3 is 19.9 Å². The van der Waals surface area contributed by atoms with Crippen molar-refractivity contribution >= 4 is 17.7 Å². The summed E-state index contributed by atoms with van der Waals surface area (Å²) in [6, 6.07) is 6.97. The molecule has 2 rings (SSSR count). The second-order valence-electron chi connectivity index (χ2n) is 5.02. The normalized spacial score (nSPS) is 14.9. The molecule has 0 atom stereocenters. The van der Waals surface area contributed by atoms with Gasteiger partial charge in [-0.1, -0.05) is 6.07 Å². The molecule has 0 spiro atoms. The first-order valence-electron chi connectivity index (χ1n) is 6.42. The maximum Gasteiger partial charge on any atom is 0.337 e. The summed E-state index contributed by atoms with van der Waals surface area (Å²) < 4.78 is 4.65. The molecule has 1 fully saturated rings. The van der Waals surface area contributed by atoms with Crippen molar-refractivity contribution in [1.29, 1.82) is 0 Å². The molecular formula is C14H19N3O3. The zero-order valence-electron chi connectivity index (χ0n) is 11.9. The topological polar surface area (TPSA) is 61.9 Å². The van der Waals surface area contributed by atoms with E-state index in [0.29, 0.717) is 17.3 Å². The third-order valence-corrected chi connectivity index (χ3v) is 3.41. The highest BCUT2D eigenvalue weighted by Gasteiger charge is 2.31. The summed E-state index contributed by atoms with van der Waals surface area (Å²) in [5.41, 5.74) is 1.01. The van der Waals surface area contributed by atoms with Crippen LogP contribution in [0.3, 0.4) is 0 Å². The second-order valence-corrected chi connectivity index (χ2v) is 5.02. The fourth-order valence-corrected chi connectivity index (χ4v) is 1.99. The Morgan fingerprint density at radius 1 is 1.35 bits per heavy atom. The van der Waals surface area contributed by atoms with Gasteiger partial charge in [0, 0.05) is 24.8 Å². The predicted octanol–water partition coefficient (Wildman–Crippen LogP) is 1.25. The molecule has 1 heterocycles. The van der Waals surface area contributed by atoms with Gasteiger partial charge in [-0.3, -0.25) is 0 Å². The molecule has 1 saturated heterocycles. The van der Waals surface area contributed by atoms with E-state index in [1.807, 2.05) is 14.1 Å². The first kappa shape index (κ1) is 14.3. The van der Waals surface area contributed by atoms with Crippen LogP contribution < -0.4 is 5.32 Å². The summed E-state index contributed by atoms with van der Waals surface area (Å²) in [4.78, 5) is 27.2. The Morgan fingerprint density at radius 3 is 2.65 bits per heavy atom. The minimum atomic E-state index is -0.419. The average Bonchev–Trinajstić information content (AvgIpc) is 2.35. The fourth-order valence-electron chi connectivity index (χ4n) is 1.99. The van der Waals surface area contributed by atoms with Gasteiger partial charge in [-0.25, -0.2) is 9.59 Å². The van der Waals surface area contributed by atoms with Crippen molar-refractivity contribution in [3.8, 4) is 0 Å². The lowest BCUT2D eigenvalue weighted by molar-refractivity contribution is 0.0600.